The first-order valence-corrected chi connectivity index (χ1v) is 10.7. The van der Waals surface area contributed by atoms with E-state index in [4.69, 9.17) is 5.14 Å². The first-order chi connectivity index (χ1) is 14.2. The lowest BCUT2D eigenvalue weighted by molar-refractivity contribution is -0.246. The van der Waals surface area contributed by atoms with Crippen molar-refractivity contribution < 1.29 is 18.3 Å². The highest BCUT2D eigenvalue weighted by Crippen LogP contribution is 2.25. The standard InChI is InChI=1S/C19H22N6O4S/c1-3-25(19(26)27)16-10-15(17-18(24-16)23-12(2)11-22-17)21-9-8-13-4-6-14(7-5-13)30(20,28)29/h4-7,10-11H,3,8-9H2,1-2H3,(H,26,27)(H2,20,28,29)(H,21,23,24)/p-1. The van der Waals surface area contributed by atoms with Gasteiger partial charge < -0.3 is 20.1 Å². The van der Waals surface area contributed by atoms with Crippen molar-refractivity contribution in [3.05, 3.63) is 47.8 Å². The minimum Gasteiger partial charge on any atom is -0.530 e. The number of carboxylic acid groups (broad SMARTS) is 1. The topological polar surface area (TPSA) is 154 Å². The summed E-state index contributed by atoms with van der Waals surface area (Å²) in [4.78, 5) is 25.5. The number of sulfonamides is 1. The van der Waals surface area contributed by atoms with E-state index in [1.165, 1.54) is 12.1 Å². The summed E-state index contributed by atoms with van der Waals surface area (Å²) in [6.07, 6.45) is 0.837. The van der Waals surface area contributed by atoms with E-state index in [9.17, 15) is 18.3 Å². The maximum Gasteiger partial charge on any atom is 0.238 e. The average molecular weight is 429 g/mol. The van der Waals surface area contributed by atoms with Crippen LogP contribution in [0.5, 0.6) is 0 Å². The number of rotatable bonds is 7. The van der Waals surface area contributed by atoms with Crippen LogP contribution in [0, 0.1) is 6.92 Å². The average Bonchev–Trinajstić information content (AvgIpc) is 2.67. The normalized spacial score (nSPS) is 11.4. The monoisotopic (exact) mass is 429 g/mol. The third-order valence-corrected chi connectivity index (χ3v) is 5.35. The number of carbonyl (C=O) groups is 1. The number of hydrogen-bond acceptors (Lipinski definition) is 8. The molecule has 2 heterocycles. The van der Waals surface area contributed by atoms with Gasteiger partial charge in [0.2, 0.25) is 10.0 Å². The minimum atomic E-state index is -3.73. The van der Waals surface area contributed by atoms with E-state index in [0.29, 0.717) is 35.5 Å². The lowest BCUT2D eigenvalue weighted by Crippen LogP contribution is -2.41. The number of amides is 1. The van der Waals surface area contributed by atoms with Gasteiger partial charge in [0.05, 0.1) is 16.3 Å². The van der Waals surface area contributed by atoms with Gasteiger partial charge in [-0.2, -0.15) is 0 Å². The molecule has 0 radical (unpaired) electrons. The number of nitrogens with one attached hydrogen (secondary N) is 1. The Kier molecular flexibility index (Phi) is 6.13. The van der Waals surface area contributed by atoms with Crippen molar-refractivity contribution in [1.29, 1.82) is 0 Å². The number of nitrogens with two attached hydrogens (primary N) is 1. The zero-order valence-electron chi connectivity index (χ0n) is 16.5. The molecule has 0 saturated carbocycles. The van der Waals surface area contributed by atoms with Gasteiger partial charge in [0.15, 0.2) is 5.65 Å². The second-order valence-corrected chi connectivity index (χ2v) is 8.15. The van der Waals surface area contributed by atoms with Crippen LogP contribution in [0.1, 0.15) is 18.2 Å². The van der Waals surface area contributed by atoms with Gasteiger partial charge in [-0.1, -0.05) is 12.1 Å². The molecule has 0 bridgehead atoms. The van der Waals surface area contributed by atoms with Gasteiger partial charge in [-0.3, -0.25) is 0 Å². The van der Waals surface area contributed by atoms with Crippen molar-refractivity contribution in [2.45, 2.75) is 25.2 Å². The van der Waals surface area contributed by atoms with Crippen LogP contribution < -0.4 is 20.5 Å². The summed E-state index contributed by atoms with van der Waals surface area (Å²) in [6, 6.07) is 7.89. The molecule has 0 fully saturated rings. The summed E-state index contributed by atoms with van der Waals surface area (Å²) in [6.45, 7) is 4.12. The molecule has 1 amide bonds. The third kappa shape index (κ3) is 4.81. The number of nitrogens with zero attached hydrogens (tertiary/aromatic N) is 4. The smallest absolute Gasteiger partial charge is 0.238 e. The van der Waals surface area contributed by atoms with Gasteiger partial charge in [0.1, 0.15) is 17.4 Å². The molecule has 0 spiro atoms. The van der Waals surface area contributed by atoms with E-state index in [0.717, 1.165) is 10.5 Å². The number of benzene rings is 1. The van der Waals surface area contributed by atoms with Crippen LogP contribution in [0.25, 0.3) is 11.2 Å². The fourth-order valence-electron chi connectivity index (χ4n) is 2.92. The summed E-state index contributed by atoms with van der Waals surface area (Å²) in [5.41, 5.74) is 2.99. The summed E-state index contributed by atoms with van der Waals surface area (Å²) in [7, 11) is -3.73. The maximum absolute atomic E-state index is 11.4. The minimum absolute atomic E-state index is 0.0524. The second kappa shape index (κ2) is 8.59. The van der Waals surface area contributed by atoms with Crippen molar-refractivity contribution in [1.82, 2.24) is 15.0 Å². The highest BCUT2D eigenvalue weighted by molar-refractivity contribution is 7.89. The van der Waals surface area contributed by atoms with Gasteiger partial charge >= 0.3 is 0 Å². The predicted molar refractivity (Wildman–Crippen MR) is 110 cm³/mol. The fraction of sp³-hybridized carbons (Fsp3) is 0.263. The lowest BCUT2D eigenvalue weighted by atomic mass is 10.1. The Balaban J connectivity index is 1.84. The van der Waals surface area contributed by atoms with Crippen molar-refractivity contribution in [2.24, 2.45) is 5.14 Å². The molecule has 0 saturated heterocycles. The number of hydrogen-bond donors (Lipinski definition) is 2. The van der Waals surface area contributed by atoms with Crippen molar-refractivity contribution in [2.75, 3.05) is 23.3 Å². The SMILES string of the molecule is CCN(C(=O)[O-])c1cc(NCCc2ccc(S(N)(=O)=O)cc2)c2ncc(C)nc2n1. The fourth-order valence-corrected chi connectivity index (χ4v) is 3.43. The molecule has 3 aromatic rings. The lowest BCUT2D eigenvalue weighted by Gasteiger charge is -2.23. The summed E-state index contributed by atoms with van der Waals surface area (Å²) < 4.78 is 22.7. The Labute approximate surface area is 173 Å². The van der Waals surface area contributed by atoms with Crippen molar-refractivity contribution >= 4 is 38.8 Å². The quantitative estimate of drug-likeness (QED) is 0.559. The first kappa shape index (κ1) is 21.4. The molecule has 3 rings (SSSR count). The van der Waals surface area contributed by atoms with Crippen molar-refractivity contribution in [3.8, 4) is 0 Å². The van der Waals surface area contributed by atoms with Gasteiger partial charge in [0, 0.05) is 25.4 Å². The largest absolute Gasteiger partial charge is 0.530 e. The van der Waals surface area contributed by atoms with Crippen LogP contribution >= 0.6 is 0 Å². The van der Waals surface area contributed by atoms with Crippen LogP contribution in [0.15, 0.2) is 41.4 Å². The van der Waals surface area contributed by atoms with Gasteiger partial charge in [0.25, 0.3) is 0 Å². The maximum atomic E-state index is 11.4. The number of aromatic nitrogens is 3. The Morgan fingerprint density at radius 3 is 2.53 bits per heavy atom. The van der Waals surface area contributed by atoms with E-state index in [2.05, 4.69) is 20.3 Å². The molecule has 0 aliphatic carbocycles. The Morgan fingerprint density at radius 1 is 1.23 bits per heavy atom. The summed E-state index contributed by atoms with van der Waals surface area (Å²) in [5, 5.41) is 19.8. The zero-order chi connectivity index (χ0) is 21.9. The zero-order valence-corrected chi connectivity index (χ0v) is 17.3. The van der Waals surface area contributed by atoms with E-state index in [1.54, 1.807) is 38.2 Å². The molecule has 0 aliphatic rings. The third-order valence-electron chi connectivity index (χ3n) is 4.42. The van der Waals surface area contributed by atoms with E-state index >= 15 is 0 Å². The van der Waals surface area contributed by atoms with E-state index < -0.39 is 16.1 Å². The molecule has 0 atom stereocenters. The second-order valence-electron chi connectivity index (χ2n) is 6.59. The number of aryl methyl sites for hydroxylation is 1. The number of carbonyl (C=O) groups excluding carboxylic acids is 1. The number of fused-ring (bicyclic) bond motifs is 1. The molecule has 30 heavy (non-hydrogen) atoms. The molecular weight excluding hydrogens is 408 g/mol. The van der Waals surface area contributed by atoms with E-state index in [1.807, 2.05) is 0 Å². The first-order valence-electron chi connectivity index (χ1n) is 9.17. The van der Waals surface area contributed by atoms with Gasteiger partial charge in [-0.25, -0.2) is 28.5 Å². The van der Waals surface area contributed by atoms with Crippen LogP contribution in [0.4, 0.5) is 16.3 Å². The molecule has 2 aromatic heterocycles. The van der Waals surface area contributed by atoms with Gasteiger partial charge in [-0.15, -0.1) is 0 Å². The van der Waals surface area contributed by atoms with Crippen LogP contribution in [-0.4, -0.2) is 42.6 Å². The van der Waals surface area contributed by atoms with Crippen LogP contribution in [-0.2, 0) is 16.4 Å². The summed E-state index contributed by atoms with van der Waals surface area (Å²) >= 11 is 0. The molecule has 0 unspecified atom stereocenters. The molecule has 0 aliphatic heterocycles. The Hall–Kier alpha value is -3.31. The van der Waals surface area contributed by atoms with Gasteiger partial charge in [-0.05, 0) is 38.0 Å². The molecule has 11 heteroatoms. The molecule has 10 nitrogen and oxygen atoms in total. The number of pyridine rings is 1. The van der Waals surface area contributed by atoms with Crippen LogP contribution in [0.2, 0.25) is 0 Å². The highest BCUT2D eigenvalue weighted by atomic mass is 32.2. The molecule has 3 N–H and O–H groups in total. The van der Waals surface area contributed by atoms with Crippen molar-refractivity contribution in [3.63, 3.8) is 0 Å². The number of anilines is 2. The summed E-state index contributed by atoms with van der Waals surface area (Å²) in [5.74, 6) is 0.199. The molecule has 158 valence electrons. The molecule has 1 aromatic carbocycles. The Morgan fingerprint density at radius 2 is 1.93 bits per heavy atom. The number of primary sulfonamides is 1. The molecular formula is C19H21N6O4S-. The van der Waals surface area contributed by atoms with Crippen LogP contribution in [0.3, 0.4) is 0 Å². The highest BCUT2D eigenvalue weighted by Gasteiger charge is 2.14. The Bertz CT molecular complexity index is 1180. The van der Waals surface area contributed by atoms with E-state index in [-0.39, 0.29) is 17.3 Å². The predicted octanol–water partition coefficient (Wildman–Crippen LogP) is 0.805.